The first-order chi connectivity index (χ1) is 12.7. The van der Waals surface area contributed by atoms with Gasteiger partial charge in [0.05, 0.1) is 12.2 Å². The molecular weight excluding hydrogens is 334 g/mol. The summed E-state index contributed by atoms with van der Waals surface area (Å²) in [5, 5.41) is 6.99. The van der Waals surface area contributed by atoms with Crippen molar-refractivity contribution >= 4 is 23.4 Å². The van der Waals surface area contributed by atoms with Gasteiger partial charge in [-0.25, -0.2) is 14.5 Å². The molecule has 0 saturated carbocycles. The van der Waals surface area contributed by atoms with E-state index in [-0.39, 0.29) is 12.0 Å². The third kappa shape index (κ3) is 3.00. The van der Waals surface area contributed by atoms with Gasteiger partial charge in [0.25, 0.3) is 5.91 Å². The van der Waals surface area contributed by atoms with Crippen LogP contribution < -0.4 is 10.2 Å². The number of carbonyl (C=O) groups is 2. The highest BCUT2D eigenvalue weighted by Crippen LogP contribution is 2.21. The quantitative estimate of drug-likeness (QED) is 0.781. The fourth-order valence-corrected chi connectivity index (χ4v) is 2.69. The van der Waals surface area contributed by atoms with Gasteiger partial charge < -0.3 is 10.1 Å². The predicted octanol–water partition coefficient (Wildman–Crippen LogP) is 2.48. The second-order valence-corrected chi connectivity index (χ2v) is 5.59. The number of amides is 2. The normalized spacial score (nSPS) is 13.5. The van der Waals surface area contributed by atoms with Crippen LogP contribution in [0.3, 0.4) is 0 Å². The summed E-state index contributed by atoms with van der Waals surface area (Å²) in [7, 11) is 0. The van der Waals surface area contributed by atoms with Crippen molar-refractivity contribution in [1.29, 1.82) is 0 Å². The van der Waals surface area contributed by atoms with Gasteiger partial charge in [-0.1, -0.05) is 0 Å². The Balaban J connectivity index is 1.53. The minimum atomic E-state index is -0.374. The number of rotatable bonds is 4. The highest BCUT2D eigenvalue weighted by molar-refractivity contribution is 6.05. The van der Waals surface area contributed by atoms with E-state index in [1.54, 1.807) is 65.7 Å². The number of benzene rings is 1. The number of nitrogens with one attached hydrogen (secondary N) is 1. The van der Waals surface area contributed by atoms with Crippen molar-refractivity contribution in [2.24, 2.45) is 0 Å². The lowest BCUT2D eigenvalue weighted by Crippen LogP contribution is -2.23. The highest BCUT2D eigenvalue weighted by Gasteiger charge is 2.23. The molecule has 0 spiro atoms. The maximum atomic E-state index is 12.6. The van der Waals surface area contributed by atoms with Gasteiger partial charge in [0.1, 0.15) is 6.61 Å². The molecule has 1 aliphatic heterocycles. The van der Waals surface area contributed by atoms with Crippen molar-refractivity contribution in [1.82, 2.24) is 14.8 Å². The van der Waals surface area contributed by atoms with Crippen molar-refractivity contribution in [2.75, 3.05) is 23.4 Å². The van der Waals surface area contributed by atoms with Gasteiger partial charge in [0, 0.05) is 29.8 Å². The smallest absolute Gasteiger partial charge is 0.414 e. The van der Waals surface area contributed by atoms with E-state index in [0.717, 1.165) is 0 Å². The van der Waals surface area contributed by atoms with Crippen molar-refractivity contribution in [3.05, 3.63) is 66.6 Å². The molecule has 0 bridgehead atoms. The molecule has 3 aromatic rings. The Labute approximate surface area is 149 Å². The number of carbonyl (C=O) groups excluding carboxylic acids is 2. The lowest BCUT2D eigenvalue weighted by atomic mass is 10.2. The van der Waals surface area contributed by atoms with Gasteiger partial charge in [-0.15, -0.1) is 0 Å². The highest BCUT2D eigenvalue weighted by atomic mass is 16.6. The Bertz CT molecular complexity index is 938. The third-order valence-electron chi connectivity index (χ3n) is 3.96. The third-order valence-corrected chi connectivity index (χ3v) is 3.96. The number of hydrogen-bond acceptors (Lipinski definition) is 5. The van der Waals surface area contributed by atoms with Crippen molar-refractivity contribution in [2.45, 2.75) is 0 Å². The fraction of sp³-hybridized carbons (Fsp3) is 0.111. The van der Waals surface area contributed by atoms with Gasteiger partial charge >= 0.3 is 6.09 Å². The van der Waals surface area contributed by atoms with E-state index >= 15 is 0 Å². The van der Waals surface area contributed by atoms with E-state index < -0.39 is 0 Å². The van der Waals surface area contributed by atoms with Crippen LogP contribution in [0.5, 0.6) is 0 Å². The second kappa shape index (κ2) is 6.67. The summed E-state index contributed by atoms with van der Waals surface area (Å²) < 4.78 is 6.50. The molecule has 2 amide bonds. The van der Waals surface area contributed by atoms with E-state index in [0.29, 0.717) is 35.9 Å². The Morgan fingerprint density at radius 3 is 2.65 bits per heavy atom. The van der Waals surface area contributed by atoms with Crippen molar-refractivity contribution in [3.8, 4) is 5.82 Å². The zero-order chi connectivity index (χ0) is 17.9. The molecule has 130 valence electrons. The maximum absolute atomic E-state index is 12.6. The van der Waals surface area contributed by atoms with Gasteiger partial charge in [-0.2, -0.15) is 5.10 Å². The number of pyridine rings is 1. The Morgan fingerprint density at radius 2 is 1.96 bits per heavy atom. The number of aromatic nitrogens is 3. The molecule has 1 saturated heterocycles. The summed E-state index contributed by atoms with van der Waals surface area (Å²) in [6.45, 7) is 0.881. The van der Waals surface area contributed by atoms with Crippen LogP contribution >= 0.6 is 0 Å². The molecule has 1 N–H and O–H groups in total. The van der Waals surface area contributed by atoms with E-state index in [9.17, 15) is 9.59 Å². The standard InChI is InChI=1S/C18H15N5O3/c24-17(13-4-6-14(7-5-13)22-11-12-26-18(22)25)21-15-3-1-8-19-16(15)23-10-2-9-20-23/h1-10H,11-12H2,(H,21,24). The largest absolute Gasteiger partial charge is 0.447 e. The Kier molecular flexibility index (Phi) is 4.06. The molecule has 0 aliphatic carbocycles. The number of hydrogen-bond donors (Lipinski definition) is 1. The first-order valence-electron chi connectivity index (χ1n) is 8.03. The Hall–Kier alpha value is -3.68. The first-order valence-corrected chi connectivity index (χ1v) is 8.03. The van der Waals surface area contributed by atoms with Gasteiger partial charge in [0.2, 0.25) is 0 Å². The van der Waals surface area contributed by atoms with E-state index in [4.69, 9.17) is 4.74 Å². The molecule has 0 radical (unpaired) electrons. The summed E-state index contributed by atoms with van der Waals surface area (Å²) in [6.07, 6.45) is 4.65. The van der Waals surface area contributed by atoms with E-state index in [1.165, 1.54) is 4.90 Å². The summed E-state index contributed by atoms with van der Waals surface area (Å²) in [6, 6.07) is 12.1. The average molecular weight is 349 g/mol. The Morgan fingerprint density at radius 1 is 1.12 bits per heavy atom. The van der Waals surface area contributed by atoms with Crippen LogP contribution in [0.15, 0.2) is 61.1 Å². The van der Waals surface area contributed by atoms with Crippen LogP contribution in [0.4, 0.5) is 16.2 Å². The van der Waals surface area contributed by atoms with E-state index in [1.807, 2.05) is 0 Å². The number of cyclic esters (lactones) is 1. The topological polar surface area (TPSA) is 89.3 Å². The molecule has 8 heteroatoms. The lowest BCUT2D eigenvalue weighted by Gasteiger charge is -2.13. The van der Waals surface area contributed by atoms with E-state index in [2.05, 4.69) is 15.4 Å². The van der Waals surface area contributed by atoms with Gasteiger partial charge in [0.15, 0.2) is 5.82 Å². The monoisotopic (exact) mass is 349 g/mol. The summed E-state index contributed by atoms with van der Waals surface area (Å²) in [4.78, 5) is 29.9. The van der Waals surface area contributed by atoms with Gasteiger partial charge in [-0.05, 0) is 42.5 Å². The van der Waals surface area contributed by atoms with Crippen LogP contribution in [0, 0.1) is 0 Å². The SMILES string of the molecule is O=C(Nc1cccnc1-n1cccn1)c1ccc(N2CCOC2=O)cc1. The van der Waals surface area contributed by atoms with Crippen LogP contribution in [0.25, 0.3) is 5.82 Å². The minimum absolute atomic E-state index is 0.276. The molecule has 0 unspecified atom stereocenters. The summed E-state index contributed by atoms with van der Waals surface area (Å²) in [5.41, 5.74) is 1.72. The zero-order valence-electron chi connectivity index (χ0n) is 13.7. The fourth-order valence-electron chi connectivity index (χ4n) is 2.69. The average Bonchev–Trinajstić information content (AvgIpc) is 3.34. The minimum Gasteiger partial charge on any atom is -0.447 e. The van der Waals surface area contributed by atoms with Crippen LogP contribution in [-0.4, -0.2) is 39.9 Å². The molecular formula is C18H15N5O3. The number of ether oxygens (including phenoxy) is 1. The maximum Gasteiger partial charge on any atom is 0.414 e. The van der Waals surface area contributed by atoms with Gasteiger partial charge in [-0.3, -0.25) is 9.69 Å². The lowest BCUT2D eigenvalue weighted by molar-refractivity contribution is 0.102. The van der Waals surface area contributed by atoms with Crippen molar-refractivity contribution in [3.63, 3.8) is 0 Å². The predicted molar refractivity (Wildman–Crippen MR) is 94.4 cm³/mol. The van der Waals surface area contributed by atoms with Crippen LogP contribution in [0.2, 0.25) is 0 Å². The molecule has 4 rings (SSSR count). The molecule has 3 heterocycles. The number of nitrogens with zero attached hydrogens (tertiary/aromatic N) is 4. The number of anilines is 2. The zero-order valence-corrected chi connectivity index (χ0v) is 13.7. The summed E-state index contributed by atoms with van der Waals surface area (Å²) in [5.74, 6) is 0.254. The molecule has 1 aromatic carbocycles. The molecule has 1 aliphatic rings. The van der Waals surface area contributed by atoms with Crippen molar-refractivity contribution < 1.29 is 14.3 Å². The molecule has 8 nitrogen and oxygen atoms in total. The molecule has 26 heavy (non-hydrogen) atoms. The molecule has 2 aromatic heterocycles. The molecule has 1 fully saturated rings. The summed E-state index contributed by atoms with van der Waals surface area (Å²) >= 11 is 0. The van der Waals surface area contributed by atoms with Crippen LogP contribution in [-0.2, 0) is 4.74 Å². The first kappa shape index (κ1) is 15.8. The second-order valence-electron chi connectivity index (χ2n) is 5.59. The molecule has 0 atom stereocenters. The van der Waals surface area contributed by atoms with Crippen LogP contribution in [0.1, 0.15) is 10.4 Å².